The molecule has 1 aromatic rings. The molecule has 19 heavy (non-hydrogen) atoms. The molecule has 0 aliphatic carbocycles. The van der Waals surface area contributed by atoms with Crippen LogP contribution in [0.25, 0.3) is 0 Å². The fourth-order valence-electron chi connectivity index (χ4n) is 2.69. The molecule has 2 heterocycles. The third kappa shape index (κ3) is 3.55. The number of aryl methyl sites for hydroxylation is 2. The van der Waals surface area contributed by atoms with Gasteiger partial charge in [-0.3, -0.25) is 4.68 Å². The fraction of sp³-hybridized carbons (Fsp3) is 0.786. The standard InChI is InChI=1S/C14H25N3O2/c1-3-13-12(9-17(2)16-13)8-15-10-14(11-18)4-6-19-7-5-14/h9,15,18H,3-8,10-11H2,1-2H3. The predicted octanol–water partition coefficient (Wildman–Crippen LogP) is 0.861. The highest BCUT2D eigenvalue weighted by molar-refractivity contribution is 5.16. The van der Waals surface area contributed by atoms with Crippen molar-refractivity contribution in [3.05, 3.63) is 17.5 Å². The van der Waals surface area contributed by atoms with Gasteiger partial charge in [0.1, 0.15) is 0 Å². The predicted molar refractivity (Wildman–Crippen MR) is 73.9 cm³/mol. The number of rotatable bonds is 6. The van der Waals surface area contributed by atoms with Gasteiger partial charge in [-0.15, -0.1) is 0 Å². The van der Waals surface area contributed by atoms with E-state index in [1.54, 1.807) is 0 Å². The van der Waals surface area contributed by atoms with Crippen LogP contribution >= 0.6 is 0 Å². The highest BCUT2D eigenvalue weighted by Crippen LogP contribution is 2.29. The summed E-state index contributed by atoms with van der Waals surface area (Å²) in [6.45, 7) is 5.53. The summed E-state index contributed by atoms with van der Waals surface area (Å²) in [5.74, 6) is 0. The van der Waals surface area contributed by atoms with Crippen LogP contribution < -0.4 is 5.32 Å². The first-order valence-corrected chi connectivity index (χ1v) is 7.10. The van der Waals surface area contributed by atoms with Crippen LogP contribution in [-0.2, 0) is 24.8 Å². The molecule has 108 valence electrons. The molecule has 0 saturated carbocycles. The molecule has 0 aromatic carbocycles. The van der Waals surface area contributed by atoms with E-state index in [1.165, 1.54) is 5.56 Å². The fourth-order valence-corrected chi connectivity index (χ4v) is 2.69. The molecule has 5 heteroatoms. The molecule has 0 unspecified atom stereocenters. The first kappa shape index (κ1) is 14.5. The first-order chi connectivity index (χ1) is 9.19. The maximum Gasteiger partial charge on any atom is 0.0666 e. The minimum absolute atomic E-state index is 0.00711. The van der Waals surface area contributed by atoms with Gasteiger partial charge in [-0.1, -0.05) is 6.92 Å². The van der Waals surface area contributed by atoms with Crippen LogP contribution in [0.4, 0.5) is 0 Å². The van der Waals surface area contributed by atoms with Gasteiger partial charge in [0.25, 0.3) is 0 Å². The number of aliphatic hydroxyl groups is 1. The second kappa shape index (κ2) is 6.50. The van der Waals surface area contributed by atoms with Gasteiger partial charge in [0.15, 0.2) is 0 Å². The molecule has 0 atom stereocenters. The highest BCUT2D eigenvalue weighted by atomic mass is 16.5. The van der Waals surface area contributed by atoms with E-state index in [0.29, 0.717) is 0 Å². The van der Waals surface area contributed by atoms with Crippen molar-refractivity contribution in [1.29, 1.82) is 0 Å². The van der Waals surface area contributed by atoms with Gasteiger partial charge >= 0.3 is 0 Å². The van der Waals surface area contributed by atoms with Gasteiger partial charge in [0, 0.05) is 50.5 Å². The molecular formula is C14H25N3O2. The molecule has 1 aliphatic heterocycles. The number of nitrogens with one attached hydrogen (secondary N) is 1. The molecule has 2 N–H and O–H groups in total. The summed E-state index contributed by atoms with van der Waals surface area (Å²) in [5, 5.41) is 17.6. The lowest BCUT2D eigenvalue weighted by Gasteiger charge is -2.35. The van der Waals surface area contributed by atoms with Crippen LogP contribution in [0, 0.1) is 5.41 Å². The molecule has 5 nitrogen and oxygen atoms in total. The minimum Gasteiger partial charge on any atom is -0.396 e. The van der Waals surface area contributed by atoms with Crippen LogP contribution in [0.1, 0.15) is 31.0 Å². The topological polar surface area (TPSA) is 59.3 Å². The Bertz CT molecular complexity index is 397. The highest BCUT2D eigenvalue weighted by Gasteiger charge is 2.31. The molecule has 1 saturated heterocycles. The molecular weight excluding hydrogens is 242 g/mol. The number of hydrogen-bond donors (Lipinski definition) is 2. The number of aliphatic hydroxyl groups excluding tert-OH is 1. The SMILES string of the molecule is CCc1nn(C)cc1CNCC1(CO)CCOCC1. The third-order valence-electron chi connectivity index (χ3n) is 4.03. The summed E-state index contributed by atoms with van der Waals surface area (Å²) in [6, 6.07) is 0. The van der Waals surface area contributed by atoms with Crippen molar-refractivity contribution < 1.29 is 9.84 Å². The summed E-state index contributed by atoms with van der Waals surface area (Å²) < 4.78 is 7.25. The second-order valence-electron chi connectivity index (χ2n) is 5.50. The summed E-state index contributed by atoms with van der Waals surface area (Å²) in [7, 11) is 1.95. The lowest BCUT2D eigenvalue weighted by molar-refractivity contribution is -0.0154. The van der Waals surface area contributed by atoms with Crippen molar-refractivity contribution in [2.24, 2.45) is 12.5 Å². The quantitative estimate of drug-likeness (QED) is 0.802. The Hall–Kier alpha value is -0.910. The maximum absolute atomic E-state index is 9.63. The Kier molecular flexibility index (Phi) is 4.96. The van der Waals surface area contributed by atoms with Gasteiger partial charge in [-0.2, -0.15) is 5.10 Å². The number of hydrogen-bond acceptors (Lipinski definition) is 4. The number of aromatic nitrogens is 2. The average Bonchev–Trinajstić information content (AvgIpc) is 2.80. The Balaban J connectivity index is 1.88. The summed E-state index contributed by atoms with van der Waals surface area (Å²) in [5.41, 5.74) is 2.40. The molecule has 0 amide bonds. The van der Waals surface area contributed by atoms with E-state index >= 15 is 0 Å². The van der Waals surface area contributed by atoms with E-state index in [2.05, 4.69) is 23.5 Å². The second-order valence-corrected chi connectivity index (χ2v) is 5.50. The van der Waals surface area contributed by atoms with Gasteiger partial charge in [-0.25, -0.2) is 0 Å². The molecule has 0 radical (unpaired) electrons. The molecule has 0 spiro atoms. The van der Waals surface area contributed by atoms with Crippen LogP contribution in [0.15, 0.2) is 6.20 Å². The monoisotopic (exact) mass is 267 g/mol. The molecule has 1 fully saturated rings. The lowest BCUT2D eigenvalue weighted by Crippen LogP contribution is -2.41. The van der Waals surface area contributed by atoms with Gasteiger partial charge < -0.3 is 15.2 Å². The summed E-state index contributed by atoms with van der Waals surface area (Å²) >= 11 is 0. The number of nitrogens with zero attached hydrogens (tertiary/aromatic N) is 2. The van der Waals surface area contributed by atoms with E-state index in [9.17, 15) is 5.11 Å². The molecule has 0 bridgehead atoms. The average molecular weight is 267 g/mol. The van der Waals surface area contributed by atoms with E-state index in [1.807, 2.05) is 11.7 Å². The van der Waals surface area contributed by atoms with Crippen molar-refractivity contribution in [2.75, 3.05) is 26.4 Å². The van der Waals surface area contributed by atoms with E-state index in [4.69, 9.17) is 4.74 Å². The Morgan fingerprint density at radius 1 is 1.47 bits per heavy atom. The van der Waals surface area contributed by atoms with E-state index in [-0.39, 0.29) is 12.0 Å². The van der Waals surface area contributed by atoms with E-state index in [0.717, 1.165) is 51.3 Å². The third-order valence-corrected chi connectivity index (χ3v) is 4.03. The van der Waals surface area contributed by atoms with Crippen molar-refractivity contribution in [1.82, 2.24) is 15.1 Å². The van der Waals surface area contributed by atoms with Gasteiger partial charge in [0.05, 0.1) is 12.3 Å². The Labute approximate surface area is 115 Å². The Morgan fingerprint density at radius 2 is 2.21 bits per heavy atom. The van der Waals surface area contributed by atoms with Crippen molar-refractivity contribution in [3.63, 3.8) is 0 Å². The smallest absolute Gasteiger partial charge is 0.0666 e. The minimum atomic E-state index is -0.00711. The van der Waals surface area contributed by atoms with Gasteiger partial charge in [0.2, 0.25) is 0 Å². The summed E-state index contributed by atoms with van der Waals surface area (Å²) in [4.78, 5) is 0. The largest absolute Gasteiger partial charge is 0.396 e. The van der Waals surface area contributed by atoms with Gasteiger partial charge in [-0.05, 0) is 19.3 Å². The van der Waals surface area contributed by atoms with Crippen LogP contribution in [-0.4, -0.2) is 41.3 Å². The van der Waals surface area contributed by atoms with Crippen molar-refractivity contribution in [3.8, 4) is 0 Å². The maximum atomic E-state index is 9.63. The zero-order chi connectivity index (χ0) is 13.7. The van der Waals surface area contributed by atoms with Crippen LogP contribution in [0.3, 0.4) is 0 Å². The van der Waals surface area contributed by atoms with Crippen LogP contribution in [0.5, 0.6) is 0 Å². The van der Waals surface area contributed by atoms with Crippen LogP contribution in [0.2, 0.25) is 0 Å². The van der Waals surface area contributed by atoms with Crippen molar-refractivity contribution >= 4 is 0 Å². The zero-order valence-electron chi connectivity index (χ0n) is 12.0. The van der Waals surface area contributed by atoms with Crippen molar-refractivity contribution in [2.45, 2.75) is 32.7 Å². The molecule has 1 aromatic heterocycles. The molecule has 2 rings (SSSR count). The van der Waals surface area contributed by atoms with E-state index < -0.39 is 0 Å². The normalized spacial score (nSPS) is 18.7. The zero-order valence-corrected chi connectivity index (χ0v) is 12.0. The number of ether oxygens (including phenoxy) is 1. The summed E-state index contributed by atoms with van der Waals surface area (Å²) in [6.07, 6.45) is 4.90. The molecule has 1 aliphatic rings. The first-order valence-electron chi connectivity index (χ1n) is 7.10. The Morgan fingerprint density at radius 3 is 2.84 bits per heavy atom. The lowest BCUT2D eigenvalue weighted by atomic mass is 9.81.